The van der Waals surface area contributed by atoms with Crippen LogP contribution in [0.3, 0.4) is 0 Å². The summed E-state index contributed by atoms with van der Waals surface area (Å²) in [6.07, 6.45) is 4.99. The summed E-state index contributed by atoms with van der Waals surface area (Å²) in [5, 5.41) is 3.55. The maximum Gasteiger partial charge on any atom is 0.219 e. The van der Waals surface area contributed by atoms with E-state index in [9.17, 15) is 0 Å². The highest BCUT2D eigenvalue weighted by Gasteiger charge is 2.13. The molecule has 0 fully saturated rings. The summed E-state index contributed by atoms with van der Waals surface area (Å²) in [5.74, 6) is 0.591. The second kappa shape index (κ2) is 4.80. The molecule has 0 bridgehead atoms. The van der Waals surface area contributed by atoms with Gasteiger partial charge in [-0.1, -0.05) is 0 Å². The highest BCUT2D eigenvalue weighted by molar-refractivity contribution is 7.99. The number of hydrogen-bond donors (Lipinski definition) is 1. The number of nitrogens with one attached hydrogen (secondary N) is 1. The van der Waals surface area contributed by atoms with Crippen LogP contribution in [0.4, 0.5) is 11.6 Å². The van der Waals surface area contributed by atoms with Crippen molar-refractivity contribution in [1.29, 1.82) is 0 Å². The van der Waals surface area contributed by atoms with Crippen LogP contribution in [-0.2, 0) is 0 Å². The Balaban J connectivity index is 2.28. The minimum Gasteiger partial charge on any atom is -0.445 e. The zero-order valence-electron chi connectivity index (χ0n) is 8.67. The first-order valence-electron chi connectivity index (χ1n) is 4.56. The summed E-state index contributed by atoms with van der Waals surface area (Å²) in [4.78, 5) is 13.0. The fourth-order valence-electron chi connectivity index (χ4n) is 1.17. The molecule has 5 nitrogen and oxygen atoms in total. The molecular formula is C10H10N4OS. The Morgan fingerprint density at radius 1 is 1.44 bits per heavy atom. The van der Waals surface area contributed by atoms with Crippen LogP contribution in [0.25, 0.3) is 0 Å². The second-order valence-corrected chi connectivity index (χ2v) is 3.83. The molecule has 16 heavy (non-hydrogen) atoms. The second-order valence-electron chi connectivity index (χ2n) is 2.82. The number of anilines is 1. The van der Waals surface area contributed by atoms with E-state index >= 15 is 0 Å². The van der Waals surface area contributed by atoms with E-state index in [1.54, 1.807) is 31.8 Å². The predicted octanol–water partition coefficient (Wildman–Crippen LogP) is 2.59. The third-order valence-corrected chi connectivity index (χ3v) is 2.76. The number of rotatable bonds is 4. The van der Waals surface area contributed by atoms with Crippen molar-refractivity contribution in [2.24, 2.45) is 4.99 Å². The molecule has 0 saturated heterocycles. The van der Waals surface area contributed by atoms with Crippen molar-refractivity contribution in [2.45, 2.75) is 10.1 Å². The van der Waals surface area contributed by atoms with E-state index in [4.69, 9.17) is 4.42 Å². The number of aromatic nitrogens is 2. The van der Waals surface area contributed by atoms with Crippen LogP contribution < -0.4 is 5.32 Å². The van der Waals surface area contributed by atoms with Gasteiger partial charge in [-0.15, -0.1) is 0 Å². The van der Waals surface area contributed by atoms with E-state index in [0.29, 0.717) is 16.7 Å². The summed E-state index contributed by atoms with van der Waals surface area (Å²) < 4.78 is 5.29. The van der Waals surface area contributed by atoms with Crippen molar-refractivity contribution in [3.63, 3.8) is 0 Å². The molecule has 0 aliphatic carbocycles. The Morgan fingerprint density at radius 3 is 2.81 bits per heavy atom. The zero-order chi connectivity index (χ0) is 11.4. The average Bonchev–Trinajstić information content (AvgIpc) is 2.72. The SMILES string of the molecule is C=Nc1c(Sc2ncccn2)coc1NC. The molecule has 82 valence electrons. The zero-order valence-corrected chi connectivity index (χ0v) is 9.49. The topological polar surface area (TPSA) is 63.3 Å². The smallest absolute Gasteiger partial charge is 0.219 e. The van der Waals surface area contributed by atoms with E-state index in [2.05, 4.69) is 27.0 Å². The molecule has 0 radical (unpaired) electrons. The Kier molecular flexibility index (Phi) is 3.21. The van der Waals surface area contributed by atoms with Gasteiger partial charge in [0.15, 0.2) is 5.16 Å². The van der Waals surface area contributed by atoms with Crippen LogP contribution in [0.15, 0.2) is 44.2 Å². The number of aliphatic imine (C=N–C) groups is 1. The lowest BCUT2D eigenvalue weighted by molar-refractivity contribution is 0.577. The first-order chi connectivity index (χ1) is 7.85. The van der Waals surface area contributed by atoms with Gasteiger partial charge in [0.2, 0.25) is 5.88 Å². The van der Waals surface area contributed by atoms with Crippen molar-refractivity contribution < 1.29 is 4.42 Å². The summed E-state index contributed by atoms with van der Waals surface area (Å²) in [7, 11) is 1.76. The molecule has 2 rings (SSSR count). The van der Waals surface area contributed by atoms with E-state index in [0.717, 1.165) is 4.90 Å². The van der Waals surface area contributed by atoms with Crippen molar-refractivity contribution in [2.75, 3.05) is 12.4 Å². The maximum absolute atomic E-state index is 5.29. The van der Waals surface area contributed by atoms with E-state index in [1.807, 2.05) is 0 Å². The Labute approximate surface area is 97.0 Å². The molecule has 2 aromatic heterocycles. The van der Waals surface area contributed by atoms with Gasteiger partial charge >= 0.3 is 0 Å². The molecule has 1 N–H and O–H groups in total. The molecule has 6 heteroatoms. The van der Waals surface area contributed by atoms with Crippen LogP contribution in [0.5, 0.6) is 0 Å². The van der Waals surface area contributed by atoms with E-state index < -0.39 is 0 Å². The number of nitrogens with zero attached hydrogens (tertiary/aromatic N) is 3. The molecule has 0 unspecified atom stereocenters. The first kappa shape index (κ1) is 10.7. The molecular weight excluding hydrogens is 224 g/mol. The monoisotopic (exact) mass is 234 g/mol. The average molecular weight is 234 g/mol. The number of furan rings is 1. The van der Waals surface area contributed by atoms with E-state index in [-0.39, 0.29) is 0 Å². The number of hydrogen-bond acceptors (Lipinski definition) is 6. The van der Waals surface area contributed by atoms with Crippen LogP contribution in [0, 0.1) is 0 Å². The van der Waals surface area contributed by atoms with Crippen molar-refractivity contribution >= 4 is 30.1 Å². The fraction of sp³-hybridized carbons (Fsp3) is 0.100. The molecule has 2 heterocycles. The lowest BCUT2D eigenvalue weighted by atomic mass is 10.5. The molecule has 0 aliphatic heterocycles. The molecule has 0 spiro atoms. The van der Waals surface area contributed by atoms with Crippen molar-refractivity contribution in [1.82, 2.24) is 9.97 Å². The van der Waals surface area contributed by atoms with Crippen LogP contribution in [0.1, 0.15) is 0 Å². The summed E-state index contributed by atoms with van der Waals surface area (Å²) in [6, 6.07) is 1.77. The lowest BCUT2D eigenvalue weighted by Crippen LogP contribution is -1.85. The lowest BCUT2D eigenvalue weighted by Gasteiger charge is -1.98. The molecule has 0 aliphatic rings. The van der Waals surface area contributed by atoms with Crippen LogP contribution in [-0.4, -0.2) is 23.7 Å². The third kappa shape index (κ3) is 2.06. The molecule has 0 saturated carbocycles. The predicted molar refractivity (Wildman–Crippen MR) is 63.6 cm³/mol. The van der Waals surface area contributed by atoms with Gasteiger partial charge in [-0.3, -0.25) is 4.99 Å². The molecule has 0 aromatic carbocycles. The molecule has 0 amide bonds. The quantitative estimate of drug-likeness (QED) is 0.650. The Bertz CT molecular complexity index is 483. The molecule has 0 atom stereocenters. The van der Waals surface area contributed by atoms with Crippen LogP contribution >= 0.6 is 11.8 Å². The van der Waals surface area contributed by atoms with Gasteiger partial charge in [0.05, 0.1) is 4.90 Å². The van der Waals surface area contributed by atoms with Crippen molar-refractivity contribution in [3.05, 3.63) is 24.7 Å². The van der Waals surface area contributed by atoms with E-state index in [1.165, 1.54) is 11.8 Å². The highest BCUT2D eigenvalue weighted by atomic mass is 32.2. The fourth-order valence-corrected chi connectivity index (χ4v) is 1.95. The van der Waals surface area contributed by atoms with Crippen LogP contribution in [0.2, 0.25) is 0 Å². The maximum atomic E-state index is 5.29. The minimum absolute atomic E-state index is 0.591. The largest absolute Gasteiger partial charge is 0.445 e. The van der Waals surface area contributed by atoms with Gasteiger partial charge in [0.25, 0.3) is 0 Å². The first-order valence-corrected chi connectivity index (χ1v) is 5.37. The summed E-state index contributed by atoms with van der Waals surface area (Å²) in [6.45, 7) is 3.51. The van der Waals surface area contributed by atoms with Gasteiger partial charge in [-0.25, -0.2) is 9.97 Å². The minimum atomic E-state index is 0.591. The summed E-state index contributed by atoms with van der Waals surface area (Å²) in [5.41, 5.74) is 0.681. The molecule has 2 aromatic rings. The van der Waals surface area contributed by atoms with Crippen molar-refractivity contribution in [3.8, 4) is 0 Å². The Morgan fingerprint density at radius 2 is 2.19 bits per heavy atom. The standard InChI is InChI=1S/C10H10N4OS/c1-11-8-7(6-15-9(8)12-2)16-10-13-4-3-5-14-10/h3-6,12H,1H2,2H3. The highest BCUT2D eigenvalue weighted by Crippen LogP contribution is 2.39. The normalized spacial score (nSPS) is 10.1. The van der Waals surface area contributed by atoms with Gasteiger partial charge in [0.1, 0.15) is 12.0 Å². The van der Waals surface area contributed by atoms with Gasteiger partial charge < -0.3 is 9.73 Å². The summed E-state index contributed by atoms with van der Waals surface area (Å²) >= 11 is 1.39. The van der Waals surface area contributed by atoms with Gasteiger partial charge in [-0.2, -0.15) is 0 Å². The van der Waals surface area contributed by atoms with Gasteiger partial charge in [0, 0.05) is 19.4 Å². The Hall–Kier alpha value is -1.82. The van der Waals surface area contributed by atoms with Gasteiger partial charge in [-0.05, 0) is 24.5 Å². The third-order valence-electron chi connectivity index (χ3n) is 1.86.